The summed E-state index contributed by atoms with van der Waals surface area (Å²) < 4.78 is 1.83. The Hall–Kier alpha value is -3.68. The van der Waals surface area contributed by atoms with Crippen LogP contribution in [0.5, 0.6) is 0 Å². The standard InChI is InChI=1S/C22H20N4O4/c27-20-7-16(14-1-3-15(4-2-14)22(29)30)6-19-17-5-13(10-26(19)20)9-25(11-17)21(28)18-8-23-12-24-18/h1-4,6-8,12-13,17H,5,9-11H2,(H,23,24)(H,29,30)/t13-,17+/m0/s1. The molecule has 0 spiro atoms. The van der Waals surface area contributed by atoms with Crippen molar-refractivity contribution in [2.75, 3.05) is 13.1 Å². The van der Waals surface area contributed by atoms with E-state index in [9.17, 15) is 14.4 Å². The summed E-state index contributed by atoms with van der Waals surface area (Å²) in [6, 6.07) is 10.1. The molecule has 2 aliphatic heterocycles. The Morgan fingerprint density at radius 2 is 1.87 bits per heavy atom. The van der Waals surface area contributed by atoms with E-state index in [2.05, 4.69) is 9.97 Å². The molecule has 8 heteroatoms. The number of rotatable bonds is 3. The number of carboxylic acid groups (broad SMARTS) is 1. The summed E-state index contributed by atoms with van der Waals surface area (Å²) in [5, 5.41) is 9.09. The lowest BCUT2D eigenvalue weighted by atomic mass is 9.82. The van der Waals surface area contributed by atoms with E-state index in [0.717, 1.165) is 23.2 Å². The van der Waals surface area contributed by atoms with Crippen molar-refractivity contribution >= 4 is 11.9 Å². The number of amides is 1. The molecule has 1 amide bonds. The molecule has 3 aromatic rings. The summed E-state index contributed by atoms with van der Waals surface area (Å²) in [5.41, 5.74) is 3.10. The Kier molecular flexibility index (Phi) is 4.27. The maximum atomic E-state index is 12.8. The normalized spacial score (nSPS) is 19.9. The minimum Gasteiger partial charge on any atom is -0.478 e. The summed E-state index contributed by atoms with van der Waals surface area (Å²) in [6.07, 6.45) is 3.96. The van der Waals surface area contributed by atoms with Gasteiger partial charge in [-0.2, -0.15) is 0 Å². The number of imidazole rings is 1. The molecule has 0 saturated carbocycles. The summed E-state index contributed by atoms with van der Waals surface area (Å²) in [5.74, 6) is -0.738. The van der Waals surface area contributed by atoms with Crippen LogP contribution < -0.4 is 5.56 Å². The van der Waals surface area contributed by atoms with Gasteiger partial charge in [0.1, 0.15) is 5.69 Å². The highest BCUT2D eigenvalue weighted by Gasteiger charge is 2.37. The van der Waals surface area contributed by atoms with Gasteiger partial charge in [0.15, 0.2) is 0 Å². The third-order valence-electron chi connectivity index (χ3n) is 6.04. The Labute approximate surface area is 171 Å². The molecule has 30 heavy (non-hydrogen) atoms. The number of aromatic amines is 1. The molecule has 2 aromatic heterocycles. The Morgan fingerprint density at radius 1 is 1.07 bits per heavy atom. The van der Waals surface area contributed by atoms with E-state index in [-0.39, 0.29) is 28.9 Å². The highest BCUT2D eigenvalue weighted by molar-refractivity contribution is 5.92. The van der Waals surface area contributed by atoms with Gasteiger partial charge in [-0.3, -0.25) is 9.59 Å². The van der Waals surface area contributed by atoms with E-state index in [0.29, 0.717) is 25.3 Å². The molecular weight excluding hydrogens is 384 g/mol. The molecule has 2 bridgehead atoms. The van der Waals surface area contributed by atoms with Gasteiger partial charge < -0.3 is 19.6 Å². The van der Waals surface area contributed by atoms with Crippen LogP contribution in [-0.4, -0.2) is 49.5 Å². The SMILES string of the molecule is O=C(O)c1ccc(-c2cc3n(c(=O)c2)C[C@H]2C[C@@H]3CN(C(=O)c3cnc[nH]3)C2)cc1. The predicted molar refractivity (Wildman–Crippen MR) is 108 cm³/mol. The molecule has 2 N–H and O–H groups in total. The highest BCUT2D eigenvalue weighted by atomic mass is 16.4. The van der Waals surface area contributed by atoms with Gasteiger partial charge in [0, 0.05) is 37.3 Å². The monoisotopic (exact) mass is 404 g/mol. The predicted octanol–water partition coefficient (Wildman–Crippen LogP) is 2.20. The number of likely N-dealkylation sites (tertiary alicyclic amines) is 1. The first-order chi connectivity index (χ1) is 14.5. The summed E-state index contributed by atoms with van der Waals surface area (Å²) >= 11 is 0. The van der Waals surface area contributed by atoms with E-state index < -0.39 is 5.97 Å². The topological polar surface area (TPSA) is 108 Å². The van der Waals surface area contributed by atoms with Gasteiger partial charge >= 0.3 is 5.97 Å². The number of hydrogen-bond donors (Lipinski definition) is 2. The van der Waals surface area contributed by atoms with Crippen molar-refractivity contribution in [2.45, 2.75) is 18.9 Å². The number of nitrogens with one attached hydrogen (secondary N) is 1. The second-order valence-electron chi connectivity index (χ2n) is 7.97. The van der Waals surface area contributed by atoms with Crippen LogP contribution >= 0.6 is 0 Å². The van der Waals surface area contributed by atoms with Crippen LogP contribution in [0.15, 0.2) is 53.7 Å². The largest absolute Gasteiger partial charge is 0.478 e. The van der Waals surface area contributed by atoms with E-state index in [1.54, 1.807) is 18.2 Å². The van der Waals surface area contributed by atoms with Crippen LogP contribution in [0, 0.1) is 5.92 Å². The third-order valence-corrected chi connectivity index (χ3v) is 6.04. The molecule has 2 atom stereocenters. The molecular formula is C22H20N4O4. The molecule has 4 heterocycles. The fourth-order valence-corrected chi connectivity index (χ4v) is 4.64. The van der Waals surface area contributed by atoms with Crippen molar-refractivity contribution in [1.82, 2.24) is 19.4 Å². The third kappa shape index (κ3) is 3.10. The van der Waals surface area contributed by atoms with Gasteiger partial charge in [0.2, 0.25) is 0 Å². The average molecular weight is 404 g/mol. The van der Waals surface area contributed by atoms with Crippen LogP contribution in [0.1, 0.15) is 38.9 Å². The minimum atomic E-state index is -0.984. The fraction of sp³-hybridized carbons (Fsp3) is 0.273. The number of aromatic carboxylic acids is 1. The van der Waals surface area contributed by atoms with Gasteiger partial charge in [-0.1, -0.05) is 12.1 Å². The first-order valence-corrected chi connectivity index (χ1v) is 9.86. The van der Waals surface area contributed by atoms with Crippen LogP contribution in [-0.2, 0) is 6.54 Å². The zero-order valence-corrected chi connectivity index (χ0v) is 16.1. The minimum absolute atomic E-state index is 0.0622. The van der Waals surface area contributed by atoms with Crippen LogP contribution in [0.25, 0.3) is 11.1 Å². The molecule has 5 rings (SSSR count). The lowest BCUT2D eigenvalue weighted by Gasteiger charge is -2.42. The second kappa shape index (κ2) is 6.98. The van der Waals surface area contributed by atoms with E-state index >= 15 is 0 Å². The molecule has 2 aliphatic rings. The number of pyridine rings is 1. The van der Waals surface area contributed by atoms with Gasteiger partial charge in [0.05, 0.1) is 18.1 Å². The number of fused-ring (bicyclic) bond motifs is 4. The van der Waals surface area contributed by atoms with Gasteiger partial charge in [0.25, 0.3) is 11.5 Å². The van der Waals surface area contributed by atoms with Crippen molar-refractivity contribution in [2.24, 2.45) is 5.92 Å². The number of carboxylic acids is 1. The number of hydrogen-bond acceptors (Lipinski definition) is 4. The van der Waals surface area contributed by atoms with Crippen LogP contribution in [0.3, 0.4) is 0 Å². The number of piperidine rings is 1. The summed E-state index contributed by atoms with van der Waals surface area (Å²) in [7, 11) is 0. The number of benzene rings is 1. The maximum Gasteiger partial charge on any atom is 0.335 e. The molecule has 1 saturated heterocycles. The number of carbonyl (C=O) groups excluding carboxylic acids is 1. The number of nitrogens with zero attached hydrogens (tertiary/aromatic N) is 3. The van der Waals surface area contributed by atoms with E-state index in [1.807, 2.05) is 15.5 Å². The Balaban J connectivity index is 1.48. The van der Waals surface area contributed by atoms with Crippen molar-refractivity contribution in [3.63, 3.8) is 0 Å². The molecule has 0 unspecified atom stereocenters. The Bertz CT molecular complexity index is 1180. The quantitative estimate of drug-likeness (QED) is 0.696. The Morgan fingerprint density at radius 3 is 2.57 bits per heavy atom. The molecule has 8 nitrogen and oxygen atoms in total. The van der Waals surface area contributed by atoms with Crippen molar-refractivity contribution in [3.8, 4) is 11.1 Å². The lowest BCUT2D eigenvalue weighted by molar-refractivity contribution is 0.0589. The molecule has 0 radical (unpaired) electrons. The van der Waals surface area contributed by atoms with Gasteiger partial charge in [-0.15, -0.1) is 0 Å². The highest BCUT2D eigenvalue weighted by Crippen LogP contribution is 2.37. The smallest absolute Gasteiger partial charge is 0.335 e. The lowest BCUT2D eigenvalue weighted by Crippen LogP contribution is -2.49. The van der Waals surface area contributed by atoms with Crippen LogP contribution in [0.2, 0.25) is 0 Å². The van der Waals surface area contributed by atoms with E-state index in [4.69, 9.17) is 5.11 Å². The molecule has 0 aliphatic carbocycles. The number of carbonyl (C=O) groups is 2. The molecule has 152 valence electrons. The summed E-state index contributed by atoms with van der Waals surface area (Å²) in [4.78, 5) is 45.4. The van der Waals surface area contributed by atoms with Crippen molar-refractivity contribution < 1.29 is 14.7 Å². The number of aromatic nitrogens is 3. The average Bonchev–Trinajstić information content (AvgIpc) is 3.28. The van der Waals surface area contributed by atoms with Crippen molar-refractivity contribution in [1.29, 1.82) is 0 Å². The summed E-state index contributed by atoms with van der Waals surface area (Å²) in [6.45, 7) is 1.77. The van der Waals surface area contributed by atoms with Gasteiger partial charge in [-0.25, -0.2) is 9.78 Å². The first-order valence-electron chi connectivity index (χ1n) is 9.86. The first kappa shape index (κ1) is 18.4. The maximum absolute atomic E-state index is 12.8. The molecule has 1 aromatic carbocycles. The zero-order valence-electron chi connectivity index (χ0n) is 16.1. The van der Waals surface area contributed by atoms with Crippen molar-refractivity contribution in [3.05, 3.63) is 76.2 Å². The van der Waals surface area contributed by atoms with Crippen LogP contribution in [0.4, 0.5) is 0 Å². The van der Waals surface area contributed by atoms with E-state index in [1.165, 1.54) is 24.7 Å². The zero-order chi connectivity index (χ0) is 20.8. The second-order valence-corrected chi connectivity index (χ2v) is 7.97. The molecule has 1 fully saturated rings. The number of H-pyrrole nitrogens is 1. The van der Waals surface area contributed by atoms with Gasteiger partial charge in [-0.05, 0) is 41.7 Å². The fourth-order valence-electron chi connectivity index (χ4n) is 4.64.